The average Bonchev–Trinajstić information content (AvgIpc) is 2.78. The third-order valence-electron chi connectivity index (χ3n) is 2.89. The summed E-state index contributed by atoms with van der Waals surface area (Å²) in [6.07, 6.45) is 0. The number of nitrogens with zero attached hydrogens (tertiary/aromatic N) is 3. The molecule has 0 fully saturated rings. The molecule has 1 aromatic carbocycles. The number of halogens is 1. The lowest BCUT2D eigenvalue weighted by Gasteiger charge is -2.02. The second-order valence-electron chi connectivity index (χ2n) is 4.23. The molecule has 0 saturated heterocycles. The normalized spacial score (nSPS) is 11.3. The number of hydrogen-bond acceptors (Lipinski definition) is 3. The van der Waals surface area contributed by atoms with Crippen molar-refractivity contribution in [2.45, 2.75) is 6.92 Å². The fourth-order valence-corrected chi connectivity index (χ4v) is 2.68. The van der Waals surface area contributed by atoms with Gasteiger partial charge in [0.25, 0.3) is 0 Å². The second-order valence-corrected chi connectivity index (χ2v) is 5.02. The monoisotopic (exact) mass is 305 g/mol. The molecule has 0 unspecified atom stereocenters. The minimum absolute atomic E-state index is 0.494. The van der Waals surface area contributed by atoms with Crippen LogP contribution < -0.4 is 5.73 Å². The minimum atomic E-state index is 0.494. The number of aryl methyl sites for hydroxylation is 2. The summed E-state index contributed by atoms with van der Waals surface area (Å²) in [7, 11) is 1.87. The lowest BCUT2D eigenvalue weighted by Crippen LogP contribution is -1.94. The van der Waals surface area contributed by atoms with E-state index in [2.05, 4.69) is 37.1 Å². The molecule has 0 bridgehead atoms. The van der Waals surface area contributed by atoms with Crippen LogP contribution in [-0.4, -0.2) is 19.7 Å². The fourth-order valence-electron chi connectivity index (χ4n) is 2.12. The highest BCUT2D eigenvalue weighted by Gasteiger charge is 2.14. The van der Waals surface area contributed by atoms with Crippen LogP contribution in [0, 0.1) is 6.92 Å². The van der Waals surface area contributed by atoms with Gasteiger partial charge in [-0.3, -0.25) is 4.68 Å². The van der Waals surface area contributed by atoms with Crippen LogP contribution in [0.3, 0.4) is 0 Å². The molecule has 3 aromatic rings. The van der Waals surface area contributed by atoms with E-state index in [4.69, 9.17) is 5.73 Å². The summed E-state index contributed by atoms with van der Waals surface area (Å²) in [4.78, 5) is 7.61. The molecule has 3 rings (SSSR count). The van der Waals surface area contributed by atoms with Gasteiger partial charge in [0.15, 0.2) is 5.82 Å². The zero-order chi connectivity index (χ0) is 12.9. The molecule has 0 aliphatic carbocycles. The number of H-pyrrole nitrogens is 1. The van der Waals surface area contributed by atoms with Crippen LogP contribution in [0.2, 0.25) is 0 Å². The van der Waals surface area contributed by atoms with Crippen molar-refractivity contribution in [3.05, 3.63) is 28.5 Å². The Hall–Kier alpha value is -1.82. The third kappa shape index (κ3) is 1.60. The average molecular weight is 306 g/mol. The van der Waals surface area contributed by atoms with Crippen molar-refractivity contribution >= 4 is 32.8 Å². The van der Waals surface area contributed by atoms with Crippen molar-refractivity contribution in [3.8, 4) is 11.3 Å². The van der Waals surface area contributed by atoms with Crippen molar-refractivity contribution in [3.63, 3.8) is 0 Å². The maximum absolute atomic E-state index is 5.80. The van der Waals surface area contributed by atoms with Gasteiger partial charge in [0.1, 0.15) is 5.82 Å². The van der Waals surface area contributed by atoms with Crippen molar-refractivity contribution in [1.82, 2.24) is 19.7 Å². The van der Waals surface area contributed by atoms with Gasteiger partial charge in [-0.1, -0.05) is 6.07 Å². The Morgan fingerprint density at radius 3 is 2.83 bits per heavy atom. The van der Waals surface area contributed by atoms with Crippen molar-refractivity contribution in [1.29, 1.82) is 0 Å². The molecule has 0 saturated carbocycles. The van der Waals surface area contributed by atoms with Crippen LogP contribution in [0.5, 0.6) is 0 Å². The molecule has 3 N–H and O–H groups in total. The van der Waals surface area contributed by atoms with Crippen molar-refractivity contribution < 1.29 is 0 Å². The maximum Gasteiger partial charge on any atom is 0.160 e. The van der Waals surface area contributed by atoms with E-state index in [-0.39, 0.29) is 0 Å². The topological polar surface area (TPSA) is 72.5 Å². The second kappa shape index (κ2) is 3.84. The Labute approximate surface area is 112 Å². The van der Waals surface area contributed by atoms with Crippen LogP contribution in [-0.2, 0) is 7.05 Å². The number of aromatic nitrogens is 4. The van der Waals surface area contributed by atoms with E-state index >= 15 is 0 Å². The van der Waals surface area contributed by atoms with Gasteiger partial charge >= 0.3 is 0 Å². The summed E-state index contributed by atoms with van der Waals surface area (Å²) in [5, 5.41) is 4.19. The van der Waals surface area contributed by atoms with Crippen molar-refractivity contribution in [2.24, 2.45) is 7.05 Å². The number of hydrogen-bond donors (Lipinski definition) is 2. The first kappa shape index (κ1) is 11.3. The first-order valence-electron chi connectivity index (χ1n) is 5.51. The smallest absolute Gasteiger partial charge is 0.160 e. The standard InChI is InChI=1S/C12H12BrN5/c1-6-15-8-4-3-7(5-9(8)16-6)11-10(13)12(14)17-18(11)2/h3-5H,1-2H3,(H2,14,17)(H,15,16). The molecule has 0 atom stereocenters. The largest absolute Gasteiger partial charge is 0.381 e. The number of benzene rings is 1. The van der Waals surface area contributed by atoms with E-state index in [9.17, 15) is 0 Å². The summed E-state index contributed by atoms with van der Waals surface area (Å²) in [6.45, 7) is 1.94. The summed E-state index contributed by atoms with van der Waals surface area (Å²) in [5.41, 5.74) is 9.77. The Morgan fingerprint density at radius 2 is 2.17 bits per heavy atom. The van der Waals surface area contributed by atoms with E-state index in [1.807, 2.05) is 26.1 Å². The Bertz CT molecular complexity index is 740. The molecule has 0 aliphatic heterocycles. The number of nitrogens with one attached hydrogen (secondary N) is 1. The van der Waals surface area contributed by atoms with Gasteiger partial charge in [-0.2, -0.15) is 5.10 Å². The molecule has 2 aromatic heterocycles. The molecule has 0 aliphatic rings. The number of imidazole rings is 1. The molecule has 0 amide bonds. The van der Waals surface area contributed by atoms with Gasteiger partial charge in [0.05, 0.1) is 21.2 Å². The van der Waals surface area contributed by atoms with Crippen LogP contribution in [0.15, 0.2) is 22.7 Å². The SMILES string of the molecule is Cc1nc2ccc(-c3c(Br)c(N)nn3C)cc2[nH]1. The summed E-state index contributed by atoms with van der Waals surface area (Å²) < 4.78 is 2.59. The fraction of sp³-hybridized carbons (Fsp3) is 0.167. The van der Waals surface area contributed by atoms with Gasteiger partial charge in [0, 0.05) is 12.6 Å². The first-order valence-corrected chi connectivity index (χ1v) is 6.30. The number of anilines is 1. The van der Waals surface area contributed by atoms with Gasteiger partial charge in [-0.15, -0.1) is 0 Å². The lowest BCUT2D eigenvalue weighted by atomic mass is 10.1. The van der Waals surface area contributed by atoms with Crippen LogP contribution in [0.4, 0.5) is 5.82 Å². The van der Waals surface area contributed by atoms with Crippen LogP contribution in [0.1, 0.15) is 5.82 Å². The first-order chi connectivity index (χ1) is 8.56. The Morgan fingerprint density at radius 1 is 1.39 bits per heavy atom. The molecule has 0 spiro atoms. The van der Waals surface area contributed by atoms with E-state index in [0.29, 0.717) is 5.82 Å². The molecular weight excluding hydrogens is 294 g/mol. The Kier molecular flexibility index (Phi) is 2.41. The number of nitrogens with two attached hydrogens (primary N) is 1. The van der Waals surface area contributed by atoms with Crippen LogP contribution in [0.25, 0.3) is 22.3 Å². The molecule has 6 heteroatoms. The van der Waals surface area contributed by atoms with Crippen LogP contribution >= 0.6 is 15.9 Å². The van der Waals surface area contributed by atoms with Gasteiger partial charge in [-0.05, 0) is 35.0 Å². The summed E-state index contributed by atoms with van der Waals surface area (Å²) >= 11 is 3.47. The quantitative estimate of drug-likeness (QED) is 0.726. The highest BCUT2D eigenvalue weighted by atomic mass is 79.9. The number of aromatic amines is 1. The molecule has 18 heavy (non-hydrogen) atoms. The maximum atomic E-state index is 5.80. The van der Waals surface area contributed by atoms with E-state index in [1.165, 1.54) is 0 Å². The number of nitrogen functional groups attached to an aromatic ring is 1. The summed E-state index contributed by atoms with van der Waals surface area (Å²) in [5.74, 6) is 1.40. The molecule has 5 nitrogen and oxygen atoms in total. The molecule has 0 radical (unpaired) electrons. The van der Waals surface area contributed by atoms with Gasteiger partial charge in [0.2, 0.25) is 0 Å². The predicted molar refractivity (Wildman–Crippen MR) is 75.1 cm³/mol. The highest BCUT2D eigenvalue weighted by molar-refractivity contribution is 9.10. The zero-order valence-electron chi connectivity index (χ0n) is 10.0. The summed E-state index contributed by atoms with van der Waals surface area (Å²) in [6, 6.07) is 6.06. The van der Waals surface area contributed by atoms with E-state index in [0.717, 1.165) is 32.6 Å². The van der Waals surface area contributed by atoms with Gasteiger partial charge in [-0.25, -0.2) is 4.98 Å². The zero-order valence-corrected chi connectivity index (χ0v) is 11.6. The Balaban J connectivity index is 2.24. The molecular formula is C12H12BrN5. The van der Waals surface area contributed by atoms with Crippen molar-refractivity contribution in [2.75, 3.05) is 5.73 Å². The van der Waals surface area contributed by atoms with E-state index in [1.54, 1.807) is 4.68 Å². The minimum Gasteiger partial charge on any atom is -0.381 e. The number of rotatable bonds is 1. The third-order valence-corrected chi connectivity index (χ3v) is 3.67. The number of fused-ring (bicyclic) bond motifs is 1. The predicted octanol–water partition coefficient (Wildman–Crippen LogP) is 2.62. The molecule has 92 valence electrons. The van der Waals surface area contributed by atoms with E-state index < -0.39 is 0 Å². The highest BCUT2D eigenvalue weighted by Crippen LogP contribution is 2.33. The lowest BCUT2D eigenvalue weighted by molar-refractivity contribution is 0.780. The molecule has 2 heterocycles. The van der Waals surface area contributed by atoms with Gasteiger partial charge < -0.3 is 10.7 Å².